The van der Waals surface area contributed by atoms with Crippen LogP contribution in [0.5, 0.6) is 5.75 Å². The van der Waals surface area contributed by atoms with Gasteiger partial charge in [0.15, 0.2) is 0 Å². The molecule has 2 aliphatic heterocycles. The van der Waals surface area contributed by atoms with Crippen molar-refractivity contribution < 1.29 is 17.9 Å². The number of hydrogen-bond donors (Lipinski definition) is 0. The molecule has 3 heterocycles. The van der Waals surface area contributed by atoms with Gasteiger partial charge >= 0.3 is 0 Å². The van der Waals surface area contributed by atoms with Gasteiger partial charge in [-0.3, -0.25) is 9.48 Å². The molecule has 1 saturated heterocycles. The van der Waals surface area contributed by atoms with Gasteiger partial charge in [0.05, 0.1) is 22.9 Å². The van der Waals surface area contributed by atoms with Crippen LogP contribution in [0, 0.1) is 6.92 Å². The Balaban J connectivity index is 1.75. The maximum atomic E-state index is 13.3. The molecular formula is C21H27N5O4S. The molecule has 0 aliphatic carbocycles. The molecule has 1 fully saturated rings. The summed E-state index contributed by atoms with van der Waals surface area (Å²) in [5.74, 6) is 0.130. The van der Waals surface area contributed by atoms with Crippen LogP contribution in [0.3, 0.4) is 0 Å². The van der Waals surface area contributed by atoms with Crippen LogP contribution in [0.4, 0.5) is 0 Å². The topological polar surface area (TPSA) is 97.1 Å². The molecule has 0 atom stereocenters. The fourth-order valence-corrected chi connectivity index (χ4v) is 5.52. The normalized spacial score (nSPS) is 18.1. The number of benzene rings is 1. The fraction of sp³-hybridized carbons (Fsp3) is 0.476. The molecule has 1 amide bonds. The lowest BCUT2D eigenvalue weighted by Crippen LogP contribution is -2.47. The van der Waals surface area contributed by atoms with Gasteiger partial charge in [-0.05, 0) is 39.1 Å². The summed E-state index contributed by atoms with van der Waals surface area (Å²) in [5, 5.41) is 4.34. The maximum absolute atomic E-state index is 13.3. The minimum absolute atomic E-state index is 0.180. The molecule has 31 heavy (non-hydrogen) atoms. The van der Waals surface area contributed by atoms with Gasteiger partial charge in [0.25, 0.3) is 5.91 Å². The summed E-state index contributed by atoms with van der Waals surface area (Å²) in [6.07, 6.45) is 0.388. The molecule has 0 unspecified atom stereocenters. The number of ether oxygens (including phenoxy) is 1. The van der Waals surface area contributed by atoms with E-state index in [4.69, 9.17) is 4.74 Å². The molecule has 0 N–H and O–H groups in total. The second-order valence-electron chi connectivity index (χ2n) is 7.87. The van der Waals surface area contributed by atoms with Crippen molar-refractivity contribution in [3.8, 4) is 5.75 Å². The lowest BCUT2D eigenvalue weighted by molar-refractivity contribution is 0.0991. The van der Waals surface area contributed by atoms with Crippen LogP contribution >= 0.6 is 0 Å². The van der Waals surface area contributed by atoms with Crippen molar-refractivity contribution in [3.05, 3.63) is 40.7 Å². The van der Waals surface area contributed by atoms with E-state index in [1.165, 1.54) is 4.31 Å². The van der Waals surface area contributed by atoms with Gasteiger partial charge in [0, 0.05) is 50.8 Å². The molecule has 4 rings (SSSR count). The summed E-state index contributed by atoms with van der Waals surface area (Å²) in [4.78, 5) is 19.3. The largest absolute Gasteiger partial charge is 0.493 e. The standard InChI is InChI=1S/C21H27N5O4S/c1-5-30-19-7-6-15(31(28,29)26-10-8-24(3)9-11-26)12-17(19)18-13-16-14(2)23-25(4)20(16)21(27)22-18/h6-7,12H,5,8-11,13H2,1-4H3. The average molecular weight is 446 g/mol. The minimum Gasteiger partial charge on any atom is -0.493 e. The van der Waals surface area contributed by atoms with Crippen LogP contribution in [0.25, 0.3) is 0 Å². The molecule has 1 aromatic heterocycles. The molecule has 0 bridgehead atoms. The molecule has 10 heteroatoms. The van der Waals surface area contributed by atoms with Crippen LogP contribution in [-0.4, -0.2) is 78.9 Å². The predicted molar refractivity (Wildman–Crippen MR) is 116 cm³/mol. The Kier molecular flexibility index (Phi) is 5.71. The van der Waals surface area contributed by atoms with E-state index in [0.29, 0.717) is 61.9 Å². The van der Waals surface area contributed by atoms with Crippen molar-refractivity contribution >= 4 is 21.6 Å². The summed E-state index contributed by atoms with van der Waals surface area (Å²) in [5.41, 5.74) is 3.07. The molecular weight excluding hydrogens is 418 g/mol. The zero-order valence-corrected chi connectivity index (χ0v) is 19.1. The predicted octanol–water partition coefficient (Wildman–Crippen LogP) is 1.25. The number of rotatable bonds is 5. The number of likely N-dealkylation sites (N-methyl/N-ethyl adjacent to an activating group) is 1. The van der Waals surface area contributed by atoms with Crippen LogP contribution in [0.2, 0.25) is 0 Å². The van der Waals surface area contributed by atoms with Gasteiger partial charge in [0.1, 0.15) is 11.4 Å². The quantitative estimate of drug-likeness (QED) is 0.687. The lowest BCUT2D eigenvalue weighted by atomic mass is 9.97. The van der Waals surface area contributed by atoms with Crippen LogP contribution in [-0.2, 0) is 23.5 Å². The first kappa shape index (κ1) is 21.7. The molecule has 2 aliphatic rings. The number of amides is 1. The number of aryl methyl sites for hydroxylation is 2. The highest BCUT2D eigenvalue weighted by atomic mass is 32.2. The smallest absolute Gasteiger partial charge is 0.295 e. The van der Waals surface area contributed by atoms with E-state index in [-0.39, 0.29) is 10.8 Å². The molecule has 2 aromatic rings. The Hall–Kier alpha value is -2.56. The van der Waals surface area contributed by atoms with E-state index in [0.717, 1.165) is 11.3 Å². The highest BCUT2D eigenvalue weighted by Crippen LogP contribution is 2.30. The van der Waals surface area contributed by atoms with Crippen LogP contribution < -0.4 is 4.74 Å². The van der Waals surface area contributed by atoms with Gasteiger partial charge in [-0.2, -0.15) is 9.40 Å². The van der Waals surface area contributed by atoms with Crippen LogP contribution in [0.1, 0.15) is 34.2 Å². The number of hydrogen-bond acceptors (Lipinski definition) is 6. The Morgan fingerprint density at radius 3 is 2.52 bits per heavy atom. The summed E-state index contributed by atoms with van der Waals surface area (Å²) in [7, 11) is 0.0377. The van der Waals surface area contributed by atoms with Crippen molar-refractivity contribution in [3.63, 3.8) is 0 Å². The zero-order chi connectivity index (χ0) is 22.3. The molecule has 1 aromatic carbocycles. The maximum Gasteiger partial charge on any atom is 0.295 e. The number of sulfonamides is 1. The molecule has 0 radical (unpaired) electrons. The number of aliphatic imine (C=N–C) groups is 1. The zero-order valence-electron chi connectivity index (χ0n) is 18.3. The number of piperazine rings is 1. The molecule has 9 nitrogen and oxygen atoms in total. The van der Waals surface area contributed by atoms with Crippen LogP contribution in [0.15, 0.2) is 28.1 Å². The van der Waals surface area contributed by atoms with Crippen molar-refractivity contribution in [2.75, 3.05) is 39.8 Å². The van der Waals surface area contributed by atoms with Gasteiger partial charge in [0.2, 0.25) is 10.0 Å². The van der Waals surface area contributed by atoms with Gasteiger partial charge in [-0.1, -0.05) is 0 Å². The first-order valence-electron chi connectivity index (χ1n) is 10.3. The minimum atomic E-state index is -3.66. The van der Waals surface area contributed by atoms with Gasteiger partial charge in [-0.15, -0.1) is 0 Å². The second-order valence-corrected chi connectivity index (χ2v) is 9.81. The SMILES string of the molecule is CCOc1ccc(S(=O)(=O)N2CCN(C)CC2)cc1C1=NC(=O)c2c(c(C)nn2C)C1. The summed E-state index contributed by atoms with van der Waals surface area (Å²) < 4.78 is 35.3. The average Bonchev–Trinajstić information content (AvgIpc) is 3.02. The third-order valence-electron chi connectivity index (χ3n) is 5.79. The van der Waals surface area contributed by atoms with Crippen molar-refractivity contribution in [1.29, 1.82) is 0 Å². The number of carbonyl (C=O) groups excluding carboxylic acids is 1. The van der Waals surface area contributed by atoms with E-state index in [2.05, 4.69) is 15.0 Å². The summed E-state index contributed by atoms with van der Waals surface area (Å²) in [6, 6.07) is 4.80. The van der Waals surface area contributed by atoms with Gasteiger partial charge < -0.3 is 9.64 Å². The van der Waals surface area contributed by atoms with Gasteiger partial charge in [-0.25, -0.2) is 13.4 Å². The van der Waals surface area contributed by atoms with E-state index in [1.807, 2.05) is 20.9 Å². The Morgan fingerprint density at radius 1 is 1.13 bits per heavy atom. The highest BCUT2D eigenvalue weighted by molar-refractivity contribution is 7.89. The molecule has 0 saturated carbocycles. The number of nitrogens with zero attached hydrogens (tertiary/aromatic N) is 5. The summed E-state index contributed by atoms with van der Waals surface area (Å²) >= 11 is 0. The van der Waals surface area contributed by atoms with E-state index in [9.17, 15) is 13.2 Å². The second kappa shape index (κ2) is 8.18. The highest BCUT2D eigenvalue weighted by Gasteiger charge is 2.31. The number of fused-ring (bicyclic) bond motifs is 1. The van der Waals surface area contributed by atoms with Crippen molar-refractivity contribution in [1.82, 2.24) is 19.0 Å². The van der Waals surface area contributed by atoms with Crippen molar-refractivity contribution in [2.24, 2.45) is 12.0 Å². The number of carbonyl (C=O) groups is 1. The third kappa shape index (κ3) is 3.90. The Morgan fingerprint density at radius 2 is 1.84 bits per heavy atom. The van der Waals surface area contributed by atoms with E-state index < -0.39 is 10.0 Å². The third-order valence-corrected chi connectivity index (χ3v) is 7.69. The molecule has 166 valence electrons. The van der Waals surface area contributed by atoms with Crippen molar-refractivity contribution in [2.45, 2.75) is 25.2 Å². The van der Waals surface area contributed by atoms with E-state index in [1.54, 1.807) is 29.9 Å². The number of aromatic nitrogens is 2. The molecule has 0 spiro atoms. The Bertz CT molecular complexity index is 1160. The monoisotopic (exact) mass is 445 g/mol. The fourth-order valence-electron chi connectivity index (χ4n) is 4.07. The van der Waals surface area contributed by atoms with E-state index >= 15 is 0 Å². The summed E-state index contributed by atoms with van der Waals surface area (Å²) in [6.45, 7) is 6.39. The first-order chi connectivity index (χ1) is 14.7. The first-order valence-corrected chi connectivity index (χ1v) is 11.8. The Labute approximate surface area is 182 Å². The lowest BCUT2D eigenvalue weighted by Gasteiger charge is -2.31.